The number of hydrogen-bond acceptors (Lipinski definition) is 3. The van der Waals surface area contributed by atoms with Crippen molar-refractivity contribution in [3.8, 4) is 5.75 Å². The zero-order chi connectivity index (χ0) is 19.3. The first-order valence-corrected chi connectivity index (χ1v) is 8.86. The second-order valence-electron chi connectivity index (χ2n) is 5.80. The van der Waals surface area contributed by atoms with E-state index in [0.717, 1.165) is 0 Å². The van der Waals surface area contributed by atoms with E-state index >= 15 is 0 Å². The normalized spacial score (nSPS) is 11.6. The summed E-state index contributed by atoms with van der Waals surface area (Å²) in [5.41, 5.74) is 1.33. The van der Waals surface area contributed by atoms with Crippen LogP contribution in [0.4, 0.5) is 11.4 Å². The standard InChI is InChI=1S/C19H20Cl2N2O3/c1-4-11(2)18(24)23-16-9-12(5-8-17(16)26-3)19(25)22-13-6-7-14(20)15(21)10-13/h5-11H,4H2,1-3H3,(H,22,25)(H,23,24). The van der Waals surface area contributed by atoms with Crippen LogP contribution in [-0.4, -0.2) is 18.9 Å². The number of ether oxygens (including phenoxy) is 1. The van der Waals surface area contributed by atoms with Crippen LogP contribution in [0.15, 0.2) is 36.4 Å². The number of benzene rings is 2. The predicted octanol–water partition coefficient (Wildman–Crippen LogP) is 5.24. The van der Waals surface area contributed by atoms with E-state index in [0.29, 0.717) is 39.2 Å². The van der Waals surface area contributed by atoms with E-state index in [-0.39, 0.29) is 17.7 Å². The Morgan fingerprint density at radius 2 is 1.81 bits per heavy atom. The molecule has 2 aromatic carbocycles. The maximum atomic E-state index is 12.5. The zero-order valence-electron chi connectivity index (χ0n) is 14.7. The molecule has 2 N–H and O–H groups in total. The van der Waals surface area contributed by atoms with Crippen molar-refractivity contribution in [1.29, 1.82) is 0 Å². The first-order valence-electron chi connectivity index (χ1n) is 8.11. The van der Waals surface area contributed by atoms with Crippen molar-refractivity contribution in [2.75, 3.05) is 17.7 Å². The molecule has 0 aliphatic rings. The monoisotopic (exact) mass is 394 g/mol. The molecule has 0 heterocycles. The van der Waals surface area contributed by atoms with Gasteiger partial charge in [-0.1, -0.05) is 37.0 Å². The van der Waals surface area contributed by atoms with E-state index in [1.807, 2.05) is 13.8 Å². The van der Waals surface area contributed by atoms with Crippen molar-refractivity contribution in [3.63, 3.8) is 0 Å². The summed E-state index contributed by atoms with van der Waals surface area (Å²) >= 11 is 11.8. The molecule has 0 aromatic heterocycles. The number of methoxy groups -OCH3 is 1. The molecule has 0 aliphatic heterocycles. The van der Waals surface area contributed by atoms with Crippen molar-refractivity contribution in [2.24, 2.45) is 5.92 Å². The molecule has 0 spiro atoms. The smallest absolute Gasteiger partial charge is 0.255 e. The summed E-state index contributed by atoms with van der Waals surface area (Å²) in [4.78, 5) is 24.7. The molecule has 1 unspecified atom stereocenters. The third-order valence-corrected chi connectivity index (χ3v) is 4.70. The van der Waals surface area contributed by atoms with Crippen LogP contribution in [0, 0.1) is 5.92 Å². The van der Waals surface area contributed by atoms with Crippen LogP contribution < -0.4 is 15.4 Å². The van der Waals surface area contributed by atoms with Crippen molar-refractivity contribution in [2.45, 2.75) is 20.3 Å². The van der Waals surface area contributed by atoms with E-state index < -0.39 is 0 Å². The van der Waals surface area contributed by atoms with Gasteiger partial charge in [-0.25, -0.2) is 0 Å². The number of hydrogen-bond donors (Lipinski definition) is 2. The van der Waals surface area contributed by atoms with Gasteiger partial charge in [0.15, 0.2) is 0 Å². The lowest BCUT2D eigenvalue weighted by molar-refractivity contribution is -0.119. The number of nitrogens with one attached hydrogen (secondary N) is 2. The van der Waals surface area contributed by atoms with Crippen LogP contribution in [0.1, 0.15) is 30.6 Å². The summed E-state index contributed by atoms with van der Waals surface area (Å²) in [5, 5.41) is 6.30. The lowest BCUT2D eigenvalue weighted by Gasteiger charge is -2.14. The molecule has 2 rings (SSSR count). The average Bonchev–Trinajstić information content (AvgIpc) is 2.63. The quantitative estimate of drug-likeness (QED) is 0.703. The highest BCUT2D eigenvalue weighted by Crippen LogP contribution is 2.28. The Balaban J connectivity index is 2.23. The number of amides is 2. The van der Waals surface area contributed by atoms with E-state index in [1.54, 1.807) is 36.4 Å². The molecule has 0 aliphatic carbocycles. The number of carbonyl (C=O) groups excluding carboxylic acids is 2. The van der Waals surface area contributed by atoms with Gasteiger partial charge < -0.3 is 15.4 Å². The SMILES string of the molecule is CCC(C)C(=O)Nc1cc(C(=O)Nc2ccc(Cl)c(Cl)c2)ccc1OC. The number of rotatable bonds is 6. The summed E-state index contributed by atoms with van der Waals surface area (Å²) in [5.74, 6) is -0.140. The highest BCUT2D eigenvalue weighted by molar-refractivity contribution is 6.42. The Morgan fingerprint density at radius 1 is 1.08 bits per heavy atom. The fourth-order valence-corrected chi connectivity index (χ4v) is 2.46. The van der Waals surface area contributed by atoms with Gasteiger partial charge in [0.2, 0.25) is 5.91 Å². The van der Waals surface area contributed by atoms with Crippen molar-refractivity contribution >= 4 is 46.4 Å². The predicted molar refractivity (Wildman–Crippen MR) is 105 cm³/mol. The second kappa shape index (κ2) is 8.92. The first kappa shape index (κ1) is 20.1. The van der Waals surface area contributed by atoms with Gasteiger partial charge in [0.05, 0.1) is 22.8 Å². The molecule has 0 saturated carbocycles. The van der Waals surface area contributed by atoms with Gasteiger partial charge in [0, 0.05) is 17.2 Å². The maximum Gasteiger partial charge on any atom is 0.255 e. The molecule has 2 amide bonds. The van der Waals surface area contributed by atoms with Crippen LogP contribution in [-0.2, 0) is 4.79 Å². The highest BCUT2D eigenvalue weighted by Gasteiger charge is 2.16. The van der Waals surface area contributed by atoms with Crippen molar-refractivity contribution in [3.05, 3.63) is 52.0 Å². The Hall–Kier alpha value is -2.24. The molecule has 26 heavy (non-hydrogen) atoms. The number of carbonyl (C=O) groups is 2. The third-order valence-electron chi connectivity index (χ3n) is 3.96. The molecular formula is C19H20Cl2N2O3. The van der Waals surface area contributed by atoms with E-state index in [1.165, 1.54) is 7.11 Å². The first-order chi connectivity index (χ1) is 12.3. The van der Waals surface area contributed by atoms with Gasteiger partial charge in [-0.05, 0) is 42.8 Å². The molecule has 0 saturated heterocycles. The summed E-state index contributed by atoms with van der Waals surface area (Å²) in [6.07, 6.45) is 0.714. The van der Waals surface area contributed by atoms with Crippen LogP contribution in [0.5, 0.6) is 5.75 Å². The molecule has 1 atom stereocenters. The van der Waals surface area contributed by atoms with Crippen LogP contribution >= 0.6 is 23.2 Å². The van der Waals surface area contributed by atoms with Gasteiger partial charge in [0.25, 0.3) is 5.91 Å². The van der Waals surface area contributed by atoms with E-state index in [9.17, 15) is 9.59 Å². The number of halogens is 2. The van der Waals surface area contributed by atoms with Gasteiger partial charge >= 0.3 is 0 Å². The lowest BCUT2D eigenvalue weighted by Crippen LogP contribution is -2.20. The van der Waals surface area contributed by atoms with Crippen LogP contribution in [0.2, 0.25) is 10.0 Å². The fourth-order valence-electron chi connectivity index (χ4n) is 2.17. The summed E-state index contributed by atoms with van der Waals surface area (Å²) in [6.45, 7) is 3.77. The minimum atomic E-state index is -0.343. The van der Waals surface area contributed by atoms with E-state index in [2.05, 4.69) is 10.6 Å². The minimum Gasteiger partial charge on any atom is -0.495 e. The maximum absolute atomic E-state index is 12.5. The molecule has 0 fully saturated rings. The molecule has 138 valence electrons. The largest absolute Gasteiger partial charge is 0.495 e. The third kappa shape index (κ3) is 4.90. The molecule has 0 bridgehead atoms. The van der Waals surface area contributed by atoms with Gasteiger partial charge in [-0.2, -0.15) is 0 Å². The lowest BCUT2D eigenvalue weighted by atomic mass is 10.1. The van der Waals surface area contributed by atoms with Crippen LogP contribution in [0.3, 0.4) is 0 Å². The summed E-state index contributed by atoms with van der Waals surface area (Å²) in [7, 11) is 1.50. The molecule has 0 radical (unpaired) electrons. The number of anilines is 2. The topological polar surface area (TPSA) is 67.4 Å². The Kier molecular flexibility index (Phi) is 6.89. The summed E-state index contributed by atoms with van der Waals surface area (Å²) in [6, 6.07) is 9.65. The van der Waals surface area contributed by atoms with Crippen molar-refractivity contribution < 1.29 is 14.3 Å². The Labute approximate surface area is 162 Å². The Morgan fingerprint density at radius 3 is 2.42 bits per heavy atom. The summed E-state index contributed by atoms with van der Waals surface area (Å²) < 4.78 is 5.26. The molecule has 5 nitrogen and oxygen atoms in total. The van der Waals surface area contributed by atoms with Crippen LogP contribution in [0.25, 0.3) is 0 Å². The van der Waals surface area contributed by atoms with Gasteiger partial charge in [-0.3, -0.25) is 9.59 Å². The van der Waals surface area contributed by atoms with Gasteiger partial charge in [-0.15, -0.1) is 0 Å². The highest BCUT2D eigenvalue weighted by atomic mass is 35.5. The molecule has 2 aromatic rings. The van der Waals surface area contributed by atoms with Crippen molar-refractivity contribution in [1.82, 2.24) is 0 Å². The van der Waals surface area contributed by atoms with E-state index in [4.69, 9.17) is 27.9 Å². The zero-order valence-corrected chi connectivity index (χ0v) is 16.2. The average molecular weight is 395 g/mol. The molecule has 7 heteroatoms. The second-order valence-corrected chi connectivity index (χ2v) is 6.61. The van der Waals surface area contributed by atoms with Gasteiger partial charge in [0.1, 0.15) is 5.75 Å². The molecular weight excluding hydrogens is 375 g/mol. The minimum absolute atomic E-state index is 0.132. The fraction of sp³-hybridized carbons (Fsp3) is 0.263. The Bertz CT molecular complexity index is 824.